The van der Waals surface area contributed by atoms with Crippen LogP contribution in [0.25, 0.3) is 11.1 Å². The van der Waals surface area contributed by atoms with Crippen molar-refractivity contribution in [3.8, 4) is 16.9 Å². The van der Waals surface area contributed by atoms with E-state index >= 15 is 0 Å². The number of carboxylic acids is 1. The van der Waals surface area contributed by atoms with Crippen LogP contribution >= 0.6 is 0 Å². The summed E-state index contributed by atoms with van der Waals surface area (Å²) in [7, 11) is 0. The van der Waals surface area contributed by atoms with E-state index in [1.807, 2.05) is 36.4 Å². The van der Waals surface area contributed by atoms with Crippen LogP contribution in [0, 0.1) is 11.3 Å². The number of aliphatic carboxylic acids is 1. The molecule has 1 aliphatic heterocycles. The molecule has 1 amide bonds. The third-order valence-electron chi connectivity index (χ3n) is 4.54. The summed E-state index contributed by atoms with van der Waals surface area (Å²) in [4.78, 5) is 22.6. The molecular formula is C20H21N3O4. The fraction of sp³-hybridized carbons (Fsp3) is 0.250. The second-order valence-corrected chi connectivity index (χ2v) is 6.56. The Balaban J connectivity index is 1.57. The minimum Gasteiger partial charge on any atom is -0.493 e. The predicted molar refractivity (Wildman–Crippen MR) is 101 cm³/mol. The summed E-state index contributed by atoms with van der Waals surface area (Å²) in [6, 6.07) is 14.6. The average Bonchev–Trinajstić information content (AvgIpc) is 2.99. The summed E-state index contributed by atoms with van der Waals surface area (Å²) in [5.41, 5.74) is 8.13. The number of carboxylic acid groups (broad SMARTS) is 1. The first-order chi connectivity index (χ1) is 12.9. The number of benzene rings is 2. The lowest BCUT2D eigenvalue weighted by atomic mass is 10.0. The van der Waals surface area contributed by atoms with Crippen molar-refractivity contribution < 1.29 is 19.4 Å². The van der Waals surface area contributed by atoms with Crippen molar-refractivity contribution in [2.45, 2.75) is 18.9 Å². The van der Waals surface area contributed by atoms with Gasteiger partial charge in [-0.1, -0.05) is 36.4 Å². The lowest BCUT2D eigenvalue weighted by molar-refractivity contribution is -0.137. The Morgan fingerprint density at radius 2 is 1.74 bits per heavy atom. The Hall–Kier alpha value is -3.35. The Kier molecular flexibility index (Phi) is 5.40. The van der Waals surface area contributed by atoms with Gasteiger partial charge in [-0.2, -0.15) is 0 Å². The molecule has 0 bridgehead atoms. The minimum atomic E-state index is -0.922. The molecule has 1 aliphatic rings. The maximum atomic E-state index is 11.9. The lowest BCUT2D eigenvalue weighted by Crippen LogP contribution is -2.29. The van der Waals surface area contributed by atoms with E-state index in [0.29, 0.717) is 17.7 Å². The number of carbonyl (C=O) groups is 2. The number of carbonyl (C=O) groups excluding carboxylic acids is 1. The normalized spacial score (nSPS) is 18.7. The molecule has 0 radical (unpaired) electrons. The first kappa shape index (κ1) is 18.4. The van der Waals surface area contributed by atoms with Crippen molar-refractivity contribution in [3.63, 3.8) is 0 Å². The van der Waals surface area contributed by atoms with E-state index in [1.165, 1.54) is 0 Å². The highest BCUT2D eigenvalue weighted by atomic mass is 16.5. The number of nitrogens with two attached hydrogens (primary N) is 1. The summed E-state index contributed by atoms with van der Waals surface area (Å²) in [6.07, 6.45) is 0.394. The molecule has 7 heteroatoms. The van der Waals surface area contributed by atoms with Crippen molar-refractivity contribution in [3.05, 3.63) is 54.1 Å². The third kappa shape index (κ3) is 4.63. The standard InChI is InChI=1S/C20H21N3O4/c21-19(22)14-3-1-12(2-4-14)13-5-7-17(8-6-13)27-11-15-9-16(10-18(24)25)23-20(15)26/h1-8,15-16H,9-11H2,(H3,21,22)(H,23,26)(H,24,25)/t15-,16-/m0/s1. The summed E-state index contributed by atoms with van der Waals surface area (Å²) >= 11 is 0. The van der Waals surface area contributed by atoms with Crippen LogP contribution in [0.2, 0.25) is 0 Å². The van der Waals surface area contributed by atoms with Gasteiger partial charge in [0, 0.05) is 11.6 Å². The van der Waals surface area contributed by atoms with E-state index in [4.69, 9.17) is 21.0 Å². The number of amidine groups is 1. The molecule has 2 atom stereocenters. The van der Waals surface area contributed by atoms with Gasteiger partial charge in [-0.15, -0.1) is 0 Å². The lowest BCUT2D eigenvalue weighted by Gasteiger charge is -2.11. The molecular weight excluding hydrogens is 346 g/mol. The van der Waals surface area contributed by atoms with E-state index in [1.54, 1.807) is 12.1 Å². The number of hydrogen-bond acceptors (Lipinski definition) is 4. The van der Waals surface area contributed by atoms with Gasteiger partial charge in [0.25, 0.3) is 0 Å². The third-order valence-corrected chi connectivity index (χ3v) is 4.54. The van der Waals surface area contributed by atoms with E-state index in [9.17, 15) is 9.59 Å². The molecule has 27 heavy (non-hydrogen) atoms. The maximum Gasteiger partial charge on any atom is 0.305 e. The zero-order valence-corrected chi connectivity index (χ0v) is 14.6. The fourth-order valence-electron chi connectivity index (χ4n) is 3.10. The first-order valence-corrected chi connectivity index (χ1v) is 8.62. The summed E-state index contributed by atoms with van der Waals surface area (Å²) in [5, 5.41) is 18.9. The van der Waals surface area contributed by atoms with Crippen LogP contribution in [0.1, 0.15) is 18.4 Å². The molecule has 3 rings (SSSR count). The Morgan fingerprint density at radius 3 is 2.30 bits per heavy atom. The highest BCUT2D eigenvalue weighted by Gasteiger charge is 2.33. The van der Waals surface area contributed by atoms with E-state index in [-0.39, 0.29) is 36.7 Å². The van der Waals surface area contributed by atoms with Crippen molar-refractivity contribution in [1.82, 2.24) is 5.32 Å². The fourth-order valence-corrected chi connectivity index (χ4v) is 3.10. The summed E-state index contributed by atoms with van der Waals surface area (Å²) in [5.74, 6) is -0.745. The Labute approximate surface area is 156 Å². The number of hydrogen-bond donors (Lipinski definition) is 4. The van der Waals surface area contributed by atoms with Gasteiger partial charge in [0.1, 0.15) is 11.6 Å². The molecule has 0 spiro atoms. The van der Waals surface area contributed by atoms with Gasteiger partial charge in [0.2, 0.25) is 5.91 Å². The monoisotopic (exact) mass is 367 g/mol. The van der Waals surface area contributed by atoms with E-state index in [2.05, 4.69) is 5.32 Å². The number of ether oxygens (including phenoxy) is 1. The van der Waals surface area contributed by atoms with Crippen LogP contribution < -0.4 is 15.8 Å². The van der Waals surface area contributed by atoms with Crippen LogP contribution in [0.4, 0.5) is 0 Å². The molecule has 1 heterocycles. The van der Waals surface area contributed by atoms with Gasteiger partial charge in [0.05, 0.1) is 18.9 Å². The largest absolute Gasteiger partial charge is 0.493 e. The average molecular weight is 367 g/mol. The quantitative estimate of drug-likeness (QED) is 0.440. The second-order valence-electron chi connectivity index (χ2n) is 6.56. The minimum absolute atomic E-state index is 0.0341. The van der Waals surface area contributed by atoms with Crippen LogP contribution in [0.15, 0.2) is 48.5 Å². The van der Waals surface area contributed by atoms with Crippen molar-refractivity contribution in [1.29, 1.82) is 5.41 Å². The molecule has 7 nitrogen and oxygen atoms in total. The van der Waals surface area contributed by atoms with Gasteiger partial charge in [-0.05, 0) is 29.7 Å². The Bertz CT molecular complexity index is 847. The van der Waals surface area contributed by atoms with E-state index < -0.39 is 5.97 Å². The number of nitrogen functional groups attached to an aromatic ring is 1. The molecule has 1 fully saturated rings. The smallest absolute Gasteiger partial charge is 0.305 e. The molecule has 5 N–H and O–H groups in total. The predicted octanol–water partition coefficient (Wildman–Crippen LogP) is 2.00. The van der Waals surface area contributed by atoms with E-state index in [0.717, 1.165) is 11.1 Å². The number of nitrogens with one attached hydrogen (secondary N) is 2. The van der Waals surface area contributed by atoms with Gasteiger partial charge >= 0.3 is 5.97 Å². The van der Waals surface area contributed by atoms with Gasteiger partial charge < -0.3 is 20.9 Å². The molecule has 0 unspecified atom stereocenters. The van der Waals surface area contributed by atoms with Crippen molar-refractivity contribution in [2.75, 3.05) is 6.61 Å². The van der Waals surface area contributed by atoms with Gasteiger partial charge in [0.15, 0.2) is 0 Å². The maximum absolute atomic E-state index is 11.9. The summed E-state index contributed by atoms with van der Waals surface area (Å²) < 4.78 is 5.70. The zero-order valence-electron chi connectivity index (χ0n) is 14.6. The summed E-state index contributed by atoms with van der Waals surface area (Å²) in [6.45, 7) is 0.217. The zero-order chi connectivity index (χ0) is 19.4. The van der Waals surface area contributed by atoms with Crippen LogP contribution in [0.5, 0.6) is 5.75 Å². The molecule has 2 aromatic rings. The SMILES string of the molecule is N=C(N)c1ccc(-c2ccc(OC[C@@H]3C[C@@H](CC(=O)O)NC3=O)cc2)cc1. The van der Waals surface area contributed by atoms with Gasteiger partial charge in [-0.25, -0.2) is 0 Å². The first-order valence-electron chi connectivity index (χ1n) is 8.62. The highest BCUT2D eigenvalue weighted by molar-refractivity contribution is 5.95. The molecule has 1 saturated heterocycles. The molecule has 0 saturated carbocycles. The molecule has 140 valence electrons. The van der Waals surface area contributed by atoms with Crippen molar-refractivity contribution in [2.24, 2.45) is 11.7 Å². The molecule has 0 aliphatic carbocycles. The van der Waals surface area contributed by atoms with Crippen molar-refractivity contribution >= 4 is 17.7 Å². The van der Waals surface area contributed by atoms with Crippen LogP contribution in [-0.4, -0.2) is 35.5 Å². The highest BCUT2D eigenvalue weighted by Crippen LogP contribution is 2.24. The molecule has 2 aromatic carbocycles. The van der Waals surface area contributed by atoms with Crippen LogP contribution in [-0.2, 0) is 9.59 Å². The van der Waals surface area contributed by atoms with Crippen LogP contribution in [0.3, 0.4) is 0 Å². The number of rotatable bonds is 7. The molecule has 0 aromatic heterocycles. The number of amides is 1. The second kappa shape index (κ2) is 7.90. The topological polar surface area (TPSA) is 126 Å². The van der Waals surface area contributed by atoms with Gasteiger partial charge in [-0.3, -0.25) is 15.0 Å². The Morgan fingerprint density at radius 1 is 1.15 bits per heavy atom.